The zero-order valence-corrected chi connectivity index (χ0v) is 21.4. The highest BCUT2D eigenvalue weighted by molar-refractivity contribution is 6.05. The molecule has 0 aromatic heterocycles. The molecular weight excluding hydrogens is 458 g/mol. The molecule has 8 heteroatoms. The Morgan fingerprint density at radius 2 is 1.78 bits per heavy atom. The Morgan fingerprint density at radius 1 is 1.06 bits per heavy atom. The maximum Gasteiger partial charge on any atom is 0.257 e. The van der Waals surface area contributed by atoms with Gasteiger partial charge in [-0.3, -0.25) is 14.4 Å². The quantitative estimate of drug-likeness (QED) is 0.702. The second-order valence-corrected chi connectivity index (χ2v) is 9.89. The molecule has 4 rings (SSSR count). The molecule has 1 aliphatic heterocycles. The van der Waals surface area contributed by atoms with Crippen LogP contribution in [-0.4, -0.2) is 73.5 Å². The fourth-order valence-electron chi connectivity index (χ4n) is 4.51. The molecule has 0 bridgehead atoms. The number of carbonyl (C=O) groups is 3. The fraction of sp³-hybridized carbons (Fsp3) is 0.464. The van der Waals surface area contributed by atoms with Crippen molar-refractivity contribution in [3.05, 3.63) is 59.7 Å². The van der Waals surface area contributed by atoms with Crippen LogP contribution in [-0.2, 0) is 9.53 Å². The van der Waals surface area contributed by atoms with E-state index in [9.17, 15) is 14.4 Å². The number of benzene rings is 2. The number of hydrogen-bond donors (Lipinski definition) is 1. The van der Waals surface area contributed by atoms with E-state index in [-0.39, 0.29) is 48.3 Å². The van der Waals surface area contributed by atoms with E-state index in [2.05, 4.69) is 12.2 Å². The van der Waals surface area contributed by atoms with E-state index in [1.54, 1.807) is 61.5 Å². The maximum absolute atomic E-state index is 13.4. The van der Waals surface area contributed by atoms with Gasteiger partial charge in [-0.2, -0.15) is 0 Å². The molecule has 0 saturated heterocycles. The lowest BCUT2D eigenvalue weighted by molar-refractivity contribution is -0.136. The molecule has 2 aromatic rings. The van der Waals surface area contributed by atoms with Crippen molar-refractivity contribution in [1.29, 1.82) is 0 Å². The largest absolute Gasteiger partial charge is 0.491 e. The lowest BCUT2D eigenvalue weighted by Crippen LogP contribution is -2.49. The van der Waals surface area contributed by atoms with Crippen LogP contribution in [0.4, 0.5) is 5.69 Å². The predicted octanol–water partition coefficient (Wildman–Crippen LogP) is 3.68. The summed E-state index contributed by atoms with van der Waals surface area (Å²) in [5.41, 5.74) is 1.45. The van der Waals surface area contributed by atoms with Crippen LogP contribution in [0.2, 0.25) is 0 Å². The highest BCUT2D eigenvalue weighted by Gasteiger charge is 2.37. The first-order valence-corrected chi connectivity index (χ1v) is 12.5. The van der Waals surface area contributed by atoms with Crippen molar-refractivity contribution >= 4 is 23.4 Å². The first kappa shape index (κ1) is 25.7. The molecule has 1 N–H and O–H groups in total. The van der Waals surface area contributed by atoms with Gasteiger partial charge in [-0.05, 0) is 44.0 Å². The van der Waals surface area contributed by atoms with Gasteiger partial charge in [0.2, 0.25) is 5.91 Å². The Morgan fingerprint density at radius 3 is 2.44 bits per heavy atom. The standard InChI is InChI=1S/C28H35N3O5/c1-18-15-31(27(33)21-10-11-21)19(2)17-36-24-14-22(29-26(32)20-8-6-5-7-9-20)12-13-23(24)28(34)30(3)16-25(18)35-4/h5-9,12-14,18-19,21,25H,10-11,15-17H2,1-4H3,(H,29,32)/t18-,19-,25-/m1/s1. The summed E-state index contributed by atoms with van der Waals surface area (Å²) in [7, 11) is 3.37. The average molecular weight is 494 g/mol. The van der Waals surface area contributed by atoms with Gasteiger partial charge in [0, 0.05) is 56.4 Å². The third kappa shape index (κ3) is 5.87. The summed E-state index contributed by atoms with van der Waals surface area (Å²) in [6.07, 6.45) is 1.62. The van der Waals surface area contributed by atoms with Gasteiger partial charge >= 0.3 is 0 Å². The smallest absolute Gasteiger partial charge is 0.257 e. The third-order valence-corrected chi connectivity index (χ3v) is 6.95. The number of carbonyl (C=O) groups excluding carboxylic acids is 3. The minimum Gasteiger partial charge on any atom is -0.491 e. The topological polar surface area (TPSA) is 88.2 Å². The van der Waals surface area contributed by atoms with E-state index < -0.39 is 0 Å². The molecule has 0 spiro atoms. The SMILES string of the molecule is CO[C@@H]1CN(C)C(=O)c2ccc(NC(=O)c3ccccc3)cc2OC[C@@H](C)N(C(=O)C2CC2)C[C@H]1C. The van der Waals surface area contributed by atoms with Gasteiger partial charge in [-0.15, -0.1) is 0 Å². The molecule has 0 radical (unpaired) electrons. The summed E-state index contributed by atoms with van der Waals surface area (Å²) in [6.45, 7) is 5.15. The third-order valence-electron chi connectivity index (χ3n) is 6.95. The molecule has 36 heavy (non-hydrogen) atoms. The highest BCUT2D eigenvalue weighted by atomic mass is 16.5. The summed E-state index contributed by atoms with van der Waals surface area (Å²) >= 11 is 0. The predicted molar refractivity (Wildman–Crippen MR) is 137 cm³/mol. The molecule has 1 saturated carbocycles. The van der Waals surface area contributed by atoms with Crippen molar-refractivity contribution in [2.45, 2.75) is 38.8 Å². The molecule has 3 amide bonds. The van der Waals surface area contributed by atoms with Gasteiger partial charge in [-0.25, -0.2) is 0 Å². The van der Waals surface area contributed by atoms with Gasteiger partial charge in [-0.1, -0.05) is 25.1 Å². The molecule has 1 fully saturated rings. The van der Waals surface area contributed by atoms with Gasteiger partial charge in [0.1, 0.15) is 12.4 Å². The number of amides is 3. The molecule has 3 atom stereocenters. The number of methoxy groups -OCH3 is 1. The van der Waals surface area contributed by atoms with Crippen LogP contribution in [0.15, 0.2) is 48.5 Å². The van der Waals surface area contributed by atoms with Gasteiger partial charge in [0.25, 0.3) is 11.8 Å². The van der Waals surface area contributed by atoms with Crippen LogP contribution >= 0.6 is 0 Å². The normalized spacial score (nSPS) is 23.1. The number of ether oxygens (including phenoxy) is 2. The number of likely N-dealkylation sites (N-methyl/N-ethyl adjacent to an activating group) is 1. The van der Waals surface area contributed by atoms with Crippen molar-refractivity contribution < 1.29 is 23.9 Å². The molecule has 2 aromatic carbocycles. The molecule has 1 heterocycles. The van der Waals surface area contributed by atoms with E-state index in [0.717, 1.165) is 12.8 Å². The Bertz CT molecular complexity index is 1100. The lowest BCUT2D eigenvalue weighted by Gasteiger charge is -2.36. The highest BCUT2D eigenvalue weighted by Crippen LogP contribution is 2.33. The molecule has 8 nitrogen and oxygen atoms in total. The number of fused-ring (bicyclic) bond motifs is 1. The number of nitrogens with one attached hydrogen (secondary N) is 1. The lowest BCUT2D eigenvalue weighted by atomic mass is 10.0. The first-order chi connectivity index (χ1) is 17.3. The van der Waals surface area contributed by atoms with Crippen LogP contribution in [0.1, 0.15) is 47.4 Å². The minimum atomic E-state index is -0.251. The van der Waals surface area contributed by atoms with Crippen molar-refractivity contribution in [2.24, 2.45) is 11.8 Å². The van der Waals surface area contributed by atoms with Crippen LogP contribution in [0.5, 0.6) is 5.75 Å². The van der Waals surface area contributed by atoms with Crippen molar-refractivity contribution in [3.8, 4) is 5.75 Å². The van der Waals surface area contributed by atoms with E-state index >= 15 is 0 Å². The van der Waals surface area contributed by atoms with E-state index in [4.69, 9.17) is 9.47 Å². The van der Waals surface area contributed by atoms with E-state index in [1.165, 1.54) is 0 Å². The Kier molecular flexibility index (Phi) is 7.94. The summed E-state index contributed by atoms with van der Waals surface area (Å²) in [4.78, 5) is 42.7. The van der Waals surface area contributed by atoms with Gasteiger partial charge in [0.15, 0.2) is 0 Å². The van der Waals surface area contributed by atoms with Crippen molar-refractivity contribution in [3.63, 3.8) is 0 Å². The Hall–Kier alpha value is -3.39. The van der Waals surface area contributed by atoms with Crippen LogP contribution < -0.4 is 10.1 Å². The van der Waals surface area contributed by atoms with E-state index in [1.807, 2.05) is 17.9 Å². The van der Waals surface area contributed by atoms with Gasteiger partial charge < -0.3 is 24.6 Å². The van der Waals surface area contributed by atoms with Crippen LogP contribution in [0.3, 0.4) is 0 Å². The fourth-order valence-corrected chi connectivity index (χ4v) is 4.51. The monoisotopic (exact) mass is 493 g/mol. The first-order valence-electron chi connectivity index (χ1n) is 12.5. The van der Waals surface area contributed by atoms with Crippen molar-refractivity contribution in [1.82, 2.24) is 9.80 Å². The number of rotatable bonds is 4. The maximum atomic E-state index is 13.4. The molecular formula is C28H35N3O5. The van der Waals surface area contributed by atoms with Crippen LogP contribution in [0.25, 0.3) is 0 Å². The zero-order chi connectivity index (χ0) is 25.8. The van der Waals surface area contributed by atoms with E-state index in [0.29, 0.717) is 35.7 Å². The molecule has 192 valence electrons. The Balaban J connectivity index is 1.63. The minimum absolute atomic E-state index is 0.0323. The molecule has 1 aliphatic carbocycles. The summed E-state index contributed by atoms with van der Waals surface area (Å²) in [5, 5.41) is 2.88. The molecule has 0 unspecified atom stereocenters. The second-order valence-electron chi connectivity index (χ2n) is 9.89. The number of nitrogens with zero attached hydrogens (tertiary/aromatic N) is 2. The summed E-state index contributed by atoms with van der Waals surface area (Å²) in [6, 6.07) is 13.8. The zero-order valence-electron chi connectivity index (χ0n) is 21.4. The van der Waals surface area contributed by atoms with Crippen molar-refractivity contribution in [2.75, 3.05) is 39.2 Å². The molecule has 2 aliphatic rings. The summed E-state index contributed by atoms with van der Waals surface area (Å²) < 4.78 is 11.9. The number of anilines is 1. The second kappa shape index (κ2) is 11.1. The Labute approximate surface area is 212 Å². The number of hydrogen-bond acceptors (Lipinski definition) is 5. The van der Waals surface area contributed by atoms with Gasteiger partial charge in [0.05, 0.1) is 17.7 Å². The summed E-state index contributed by atoms with van der Waals surface area (Å²) in [5.74, 6) is 0.192. The average Bonchev–Trinajstić information content (AvgIpc) is 3.73. The van der Waals surface area contributed by atoms with Crippen LogP contribution in [0, 0.1) is 11.8 Å².